The molecule has 0 amide bonds. The fourth-order valence-corrected chi connectivity index (χ4v) is 1.93. The molecule has 14 heavy (non-hydrogen) atoms. The van der Waals surface area contributed by atoms with Gasteiger partial charge in [-0.05, 0) is 35.8 Å². The molecule has 0 saturated heterocycles. The SMILES string of the molecule is CC1(C)COc2cc(F)cc(Br)c2N1. The Kier molecular flexibility index (Phi) is 2.18. The molecule has 2 nitrogen and oxygen atoms in total. The molecule has 2 rings (SSSR count). The van der Waals surface area contributed by atoms with Gasteiger partial charge in [0.2, 0.25) is 0 Å². The Bertz CT molecular complexity index is 379. The van der Waals surface area contributed by atoms with Gasteiger partial charge in [-0.2, -0.15) is 0 Å². The zero-order valence-corrected chi connectivity index (χ0v) is 9.61. The van der Waals surface area contributed by atoms with Gasteiger partial charge in [-0.25, -0.2) is 4.39 Å². The van der Waals surface area contributed by atoms with Gasteiger partial charge in [-0.3, -0.25) is 0 Å². The first-order valence-electron chi connectivity index (χ1n) is 4.38. The van der Waals surface area contributed by atoms with Crippen LogP contribution in [0, 0.1) is 5.82 Å². The lowest BCUT2D eigenvalue weighted by Crippen LogP contribution is -2.41. The summed E-state index contributed by atoms with van der Waals surface area (Å²) in [7, 11) is 0. The number of halogens is 2. The summed E-state index contributed by atoms with van der Waals surface area (Å²) in [6.45, 7) is 4.60. The maximum absolute atomic E-state index is 13.0. The van der Waals surface area contributed by atoms with Gasteiger partial charge < -0.3 is 10.1 Å². The first-order chi connectivity index (χ1) is 6.48. The summed E-state index contributed by atoms with van der Waals surface area (Å²) in [4.78, 5) is 0. The quantitative estimate of drug-likeness (QED) is 0.773. The van der Waals surface area contributed by atoms with Gasteiger partial charge in [0, 0.05) is 10.5 Å². The second-order valence-electron chi connectivity index (χ2n) is 4.06. The minimum Gasteiger partial charge on any atom is -0.489 e. The molecule has 1 N–H and O–H groups in total. The van der Waals surface area contributed by atoms with Gasteiger partial charge in [0.15, 0.2) is 0 Å². The maximum Gasteiger partial charge on any atom is 0.146 e. The van der Waals surface area contributed by atoms with E-state index in [0.717, 1.165) is 5.69 Å². The number of ether oxygens (including phenoxy) is 1. The summed E-state index contributed by atoms with van der Waals surface area (Å²) >= 11 is 3.30. The fraction of sp³-hybridized carbons (Fsp3) is 0.400. The van der Waals surface area contributed by atoms with Crippen molar-refractivity contribution in [3.8, 4) is 5.75 Å². The third-order valence-electron chi connectivity index (χ3n) is 2.07. The number of hydrogen-bond donors (Lipinski definition) is 1. The Balaban J connectivity index is 2.47. The van der Waals surface area contributed by atoms with Crippen molar-refractivity contribution in [1.82, 2.24) is 0 Å². The highest BCUT2D eigenvalue weighted by Crippen LogP contribution is 2.38. The first-order valence-corrected chi connectivity index (χ1v) is 5.17. The normalized spacial score (nSPS) is 18.0. The Hall–Kier alpha value is -0.770. The lowest BCUT2D eigenvalue weighted by Gasteiger charge is -2.34. The van der Waals surface area contributed by atoms with Crippen molar-refractivity contribution in [3.63, 3.8) is 0 Å². The second-order valence-corrected chi connectivity index (χ2v) is 4.91. The van der Waals surface area contributed by atoms with Crippen LogP contribution in [0.3, 0.4) is 0 Å². The molecule has 0 aliphatic carbocycles. The summed E-state index contributed by atoms with van der Waals surface area (Å²) in [5.41, 5.74) is 0.704. The molecule has 1 aromatic carbocycles. The Labute approximate surface area is 90.6 Å². The van der Waals surface area contributed by atoms with Crippen LogP contribution in [0.15, 0.2) is 16.6 Å². The topological polar surface area (TPSA) is 21.3 Å². The van der Waals surface area contributed by atoms with E-state index in [2.05, 4.69) is 21.2 Å². The summed E-state index contributed by atoms with van der Waals surface area (Å²) in [6.07, 6.45) is 0. The van der Waals surface area contributed by atoms with Crippen LogP contribution in [0.1, 0.15) is 13.8 Å². The zero-order chi connectivity index (χ0) is 10.3. The van der Waals surface area contributed by atoms with Crippen LogP contribution in [0.5, 0.6) is 5.75 Å². The summed E-state index contributed by atoms with van der Waals surface area (Å²) in [6, 6.07) is 2.82. The Morgan fingerprint density at radius 1 is 1.50 bits per heavy atom. The molecule has 76 valence electrons. The molecular weight excluding hydrogens is 249 g/mol. The molecule has 1 aromatic rings. The largest absolute Gasteiger partial charge is 0.489 e. The minimum absolute atomic E-state index is 0.118. The van der Waals surface area contributed by atoms with Crippen LogP contribution in [0.4, 0.5) is 10.1 Å². The van der Waals surface area contributed by atoms with Crippen molar-refractivity contribution < 1.29 is 9.13 Å². The molecule has 4 heteroatoms. The molecule has 0 radical (unpaired) electrons. The summed E-state index contributed by atoms with van der Waals surface area (Å²) < 4.78 is 19.2. The van der Waals surface area contributed by atoms with Crippen LogP contribution in [0.25, 0.3) is 0 Å². The standard InChI is InChI=1S/C10H11BrFNO/c1-10(2)5-14-8-4-6(12)3-7(11)9(8)13-10/h3-4,13H,5H2,1-2H3. The minimum atomic E-state index is -0.294. The molecule has 0 saturated carbocycles. The van der Waals surface area contributed by atoms with Crippen LogP contribution in [0.2, 0.25) is 0 Å². The van der Waals surface area contributed by atoms with E-state index in [0.29, 0.717) is 16.8 Å². The fourth-order valence-electron chi connectivity index (χ4n) is 1.42. The first kappa shape index (κ1) is 9.77. The molecule has 1 aliphatic rings. The van der Waals surface area contributed by atoms with E-state index < -0.39 is 0 Å². The summed E-state index contributed by atoms with van der Waals surface area (Å²) in [5, 5.41) is 3.29. The van der Waals surface area contributed by atoms with Gasteiger partial charge in [-0.1, -0.05) is 0 Å². The highest BCUT2D eigenvalue weighted by atomic mass is 79.9. The third-order valence-corrected chi connectivity index (χ3v) is 2.70. The van der Waals surface area contributed by atoms with Gasteiger partial charge in [-0.15, -0.1) is 0 Å². The Morgan fingerprint density at radius 3 is 2.93 bits per heavy atom. The molecule has 1 heterocycles. The van der Waals surface area contributed by atoms with E-state index in [9.17, 15) is 4.39 Å². The average molecular weight is 260 g/mol. The van der Waals surface area contributed by atoms with Crippen molar-refractivity contribution >= 4 is 21.6 Å². The number of anilines is 1. The predicted octanol–water partition coefficient (Wildman–Crippen LogP) is 3.17. The maximum atomic E-state index is 13.0. The molecular formula is C10H11BrFNO. The van der Waals surface area contributed by atoms with Gasteiger partial charge in [0.25, 0.3) is 0 Å². The number of rotatable bonds is 0. The van der Waals surface area contributed by atoms with Crippen molar-refractivity contribution in [2.45, 2.75) is 19.4 Å². The van der Waals surface area contributed by atoms with Crippen LogP contribution in [-0.2, 0) is 0 Å². The van der Waals surface area contributed by atoms with Gasteiger partial charge in [0.1, 0.15) is 18.2 Å². The van der Waals surface area contributed by atoms with E-state index in [1.807, 2.05) is 13.8 Å². The van der Waals surface area contributed by atoms with E-state index in [-0.39, 0.29) is 11.4 Å². The van der Waals surface area contributed by atoms with Gasteiger partial charge in [0.05, 0.1) is 11.2 Å². The average Bonchev–Trinajstić information content (AvgIpc) is 2.06. The zero-order valence-electron chi connectivity index (χ0n) is 8.03. The number of benzene rings is 1. The van der Waals surface area contributed by atoms with E-state index in [1.54, 1.807) is 0 Å². The van der Waals surface area contributed by atoms with E-state index in [1.165, 1.54) is 12.1 Å². The van der Waals surface area contributed by atoms with Crippen LogP contribution >= 0.6 is 15.9 Å². The highest BCUT2D eigenvalue weighted by molar-refractivity contribution is 9.10. The molecule has 0 unspecified atom stereocenters. The molecule has 0 spiro atoms. The molecule has 0 bridgehead atoms. The number of fused-ring (bicyclic) bond motifs is 1. The van der Waals surface area contributed by atoms with Gasteiger partial charge >= 0.3 is 0 Å². The van der Waals surface area contributed by atoms with Crippen LogP contribution in [-0.4, -0.2) is 12.1 Å². The predicted molar refractivity (Wildman–Crippen MR) is 57.3 cm³/mol. The van der Waals surface area contributed by atoms with Crippen molar-refractivity contribution in [2.24, 2.45) is 0 Å². The molecule has 0 aromatic heterocycles. The third kappa shape index (κ3) is 1.71. The van der Waals surface area contributed by atoms with Crippen molar-refractivity contribution in [1.29, 1.82) is 0 Å². The molecule has 0 atom stereocenters. The summed E-state index contributed by atoms with van der Waals surface area (Å²) in [5.74, 6) is 0.272. The van der Waals surface area contributed by atoms with Crippen molar-refractivity contribution in [3.05, 3.63) is 22.4 Å². The number of hydrogen-bond acceptors (Lipinski definition) is 2. The van der Waals surface area contributed by atoms with Crippen LogP contribution < -0.4 is 10.1 Å². The molecule has 1 aliphatic heterocycles. The van der Waals surface area contributed by atoms with Crippen molar-refractivity contribution in [2.75, 3.05) is 11.9 Å². The molecule has 0 fully saturated rings. The lowest BCUT2D eigenvalue weighted by molar-refractivity contribution is 0.240. The smallest absolute Gasteiger partial charge is 0.146 e. The monoisotopic (exact) mass is 259 g/mol. The van der Waals surface area contributed by atoms with E-state index >= 15 is 0 Å². The lowest BCUT2D eigenvalue weighted by atomic mass is 10.0. The Morgan fingerprint density at radius 2 is 2.21 bits per heavy atom. The second kappa shape index (κ2) is 3.12. The number of nitrogens with one attached hydrogen (secondary N) is 1. The van der Waals surface area contributed by atoms with E-state index in [4.69, 9.17) is 4.74 Å². The highest BCUT2D eigenvalue weighted by Gasteiger charge is 2.27.